The van der Waals surface area contributed by atoms with Gasteiger partial charge in [0.05, 0.1) is 21.8 Å². The average Bonchev–Trinajstić information content (AvgIpc) is 2.75. The Morgan fingerprint density at radius 2 is 1.77 bits per heavy atom. The predicted molar refractivity (Wildman–Crippen MR) is 122 cm³/mol. The first-order chi connectivity index (χ1) is 14.5. The SMILES string of the molecule is Cc1ccccc1-n1c(SC(C)C(=O)N2CCC(C)CC2)nc2ccccc2c1=O. The number of para-hydroxylation sites is 2. The number of benzene rings is 2. The molecular formula is C24H27N3O2S. The van der Waals surface area contributed by atoms with E-state index in [2.05, 4.69) is 6.92 Å². The first-order valence-electron chi connectivity index (χ1n) is 10.5. The zero-order chi connectivity index (χ0) is 21.3. The molecule has 30 heavy (non-hydrogen) atoms. The Balaban J connectivity index is 1.74. The highest BCUT2D eigenvalue weighted by atomic mass is 32.2. The number of piperidine rings is 1. The van der Waals surface area contributed by atoms with Crippen molar-refractivity contribution in [2.24, 2.45) is 5.92 Å². The van der Waals surface area contributed by atoms with E-state index in [9.17, 15) is 9.59 Å². The van der Waals surface area contributed by atoms with E-state index >= 15 is 0 Å². The summed E-state index contributed by atoms with van der Waals surface area (Å²) in [5.41, 5.74) is 2.34. The maximum Gasteiger partial charge on any atom is 0.266 e. The third kappa shape index (κ3) is 4.01. The van der Waals surface area contributed by atoms with Crippen LogP contribution in [0.3, 0.4) is 0 Å². The number of carbonyl (C=O) groups is 1. The minimum Gasteiger partial charge on any atom is -0.342 e. The molecule has 0 saturated carbocycles. The third-order valence-corrected chi connectivity index (χ3v) is 6.87. The second-order valence-electron chi connectivity index (χ2n) is 8.11. The molecule has 1 fully saturated rings. The first-order valence-corrected chi connectivity index (χ1v) is 11.4. The van der Waals surface area contributed by atoms with Crippen molar-refractivity contribution in [2.45, 2.75) is 44.0 Å². The summed E-state index contributed by atoms with van der Waals surface area (Å²) in [6.07, 6.45) is 2.09. The van der Waals surface area contributed by atoms with Crippen molar-refractivity contribution in [2.75, 3.05) is 13.1 Å². The molecule has 0 bridgehead atoms. The highest BCUT2D eigenvalue weighted by Crippen LogP contribution is 2.28. The van der Waals surface area contributed by atoms with E-state index in [1.807, 2.05) is 61.2 Å². The van der Waals surface area contributed by atoms with Crippen LogP contribution < -0.4 is 5.56 Å². The Hall–Kier alpha value is -2.60. The molecular weight excluding hydrogens is 394 g/mol. The van der Waals surface area contributed by atoms with Gasteiger partial charge in [0.2, 0.25) is 5.91 Å². The Morgan fingerprint density at radius 1 is 1.10 bits per heavy atom. The molecule has 1 saturated heterocycles. The highest BCUT2D eigenvalue weighted by molar-refractivity contribution is 8.00. The molecule has 5 nitrogen and oxygen atoms in total. The van der Waals surface area contributed by atoms with Crippen LogP contribution >= 0.6 is 11.8 Å². The van der Waals surface area contributed by atoms with Crippen molar-refractivity contribution < 1.29 is 4.79 Å². The van der Waals surface area contributed by atoms with Gasteiger partial charge in [-0.2, -0.15) is 0 Å². The summed E-state index contributed by atoms with van der Waals surface area (Å²) in [7, 11) is 0. The highest BCUT2D eigenvalue weighted by Gasteiger charge is 2.27. The van der Waals surface area contributed by atoms with Gasteiger partial charge in [-0.15, -0.1) is 0 Å². The third-order valence-electron chi connectivity index (χ3n) is 5.83. The summed E-state index contributed by atoms with van der Waals surface area (Å²) in [5.74, 6) is 0.788. The van der Waals surface area contributed by atoms with Gasteiger partial charge in [-0.1, -0.05) is 49.0 Å². The van der Waals surface area contributed by atoms with E-state index in [0.717, 1.165) is 37.2 Å². The van der Waals surface area contributed by atoms with Crippen molar-refractivity contribution in [3.05, 3.63) is 64.4 Å². The molecule has 2 aromatic carbocycles. The lowest BCUT2D eigenvalue weighted by molar-refractivity contribution is -0.131. The van der Waals surface area contributed by atoms with Crippen molar-refractivity contribution in [3.8, 4) is 5.69 Å². The van der Waals surface area contributed by atoms with Gasteiger partial charge in [0.15, 0.2) is 5.16 Å². The minimum atomic E-state index is -0.318. The summed E-state index contributed by atoms with van der Waals surface area (Å²) >= 11 is 1.37. The number of rotatable bonds is 4. The van der Waals surface area contributed by atoms with Gasteiger partial charge in [0, 0.05) is 13.1 Å². The number of likely N-dealkylation sites (tertiary alicyclic amines) is 1. The molecule has 0 radical (unpaired) electrons. The minimum absolute atomic E-state index is 0.108. The van der Waals surface area contributed by atoms with E-state index in [1.165, 1.54) is 11.8 Å². The van der Waals surface area contributed by atoms with Crippen molar-refractivity contribution in [1.29, 1.82) is 0 Å². The van der Waals surface area contributed by atoms with E-state index < -0.39 is 0 Å². The zero-order valence-corrected chi connectivity index (χ0v) is 18.5. The fourth-order valence-corrected chi connectivity index (χ4v) is 4.92. The Labute approximate surface area is 181 Å². The van der Waals surface area contributed by atoms with Crippen molar-refractivity contribution in [1.82, 2.24) is 14.5 Å². The lowest BCUT2D eigenvalue weighted by Gasteiger charge is -2.32. The molecule has 156 valence electrons. The summed E-state index contributed by atoms with van der Waals surface area (Å²) in [6.45, 7) is 7.74. The van der Waals surface area contributed by atoms with E-state index in [0.29, 0.717) is 22.0 Å². The predicted octanol–water partition coefficient (Wildman–Crippen LogP) is 4.43. The van der Waals surface area contributed by atoms with Crippen LogP contribution in [-0.2, 0) is 4.79 Å². The second-order valence-corrected chi connectivity index (χ2v) is 9.41. The molecule has 1 aliphatic heterocycles. The van der Waals surface area contributed by atoms with E-state index in [4.69, 9.17) is 4.98 Å². The Bertz CT molecular complexity index is 1130. The molecule has 2 heterocycles. The van der Waals surface area contributed by atoms with Gasteiger partial charge in [-0.05, 0) is 56.4 Å². The lowest BCUT2D eigenvalue weighted by atomic mass is 9.99. The van der Waals surface area contributed by atoms with Gasteiger partial charge >= 0.3 is 0 Å². The van der Waals surface area contributed by atoms with Gasteiger partial charge in [0.25, 0.3) is 5.56 Å². The maximum atomic E-state index is 13.4. The Kier molecular flexibility index (Phi) is 5.95. The number of carbonyl (C=O) groups excluding carboxylic acids is 1. The summed E-state index contributed by atoms with van der Waals surface area (Å²) in [4.78, 5) is 33.2. The van der Waals surface area contributed by atoms with Crippen LogP contribution in [0.15, 0.2) is 58.5 Å². The largest absolute Gasteiger partial charge is 0.342 e. The molecule has 1 aliphatic rings. The van der Waals surface area contributed by atoms with Crippen LogP contribution in [0.5, 0.6) is 0 Å². The summed E-state index contributed by atoms with van der Waals surface area (Å²) < 4.78 is 1.66. The molecule has 0 spiro atoms. The number of nitrogens with zero attached hydrogens (tertiary/aromatic N) is 3. The average molecular weight is 422 g/mol. The van der Waals surface area contributed by atoms with Crippen LogP contribution in [0, 0.1) is 12.8 Å². The Morgan fingerprint density at radius 3 is 2.50 bits per heavy atom. The van der Waals surface area contributed by atoms with Crippen LogP contribution in [0.25, 0.3) is 16.6 Å². The van der Waals surface area contributed by atoms with Crippen LogP contribution in [0.1, 0.15) is 32.3 Å². The molecule has 0 aliphatic carbocycles. The van der Waals surface area contributed by atoms with Gasteiger partial charge in [-0.3, -0.25) is 14.2 Å². The second kappa shape index (κ2) is 8.64. The molecule has 1 amide bonds. The fraction of sp³-hybridized carbons (Fsp3) is 0.375. The van der Waals surface area contributed by atoms with Crippen LogP contribution in [-0.4, -0.2) is 38.7 Å². The standard InChI is InChI=1S/C24H27N3O2S/c1-16-12-14-26(15-13-16)22(28)18(3)30-24-25-20-10-6-5-9-19(20)23(29)27(24)21-11-7-4-8-17(21)2/h4-11,16,18H,12-15H2,1-3H3. The molecule has 4 rings (SSSR count). The fourth-order valence-electron chi connectivity index (χ4n) is 3.91. The zero-order valence-electron chi connectivity index (χ0n) is 17.7. The van der Waals surface area contributed by atoms with E-state index in [1.54, 1.807) is 10.6 Å². The smallest absolute Gasteiger partial charge is 0.266 e. The van der Waals surface area contributed by atoms with Gasteiger partial charge < -0.3 is 4.90 Å². The molecule has 1 atom stereocenters. The lowest BCUT2D eigenvalue weighted by Crippen LogP contribution is -2.42. The molecule has 6 heteroatoms. The number of aromatic nitrogens is 2. The monoisotopic (exact) mass is 421 g/mol. The van der Waals surface area contributed by atoms with E-state index in [-0.39, 0.29) is 16.7 Å². The van der Waals surface area contributed by atoms with Crippen molar-refractivity contribution >= 4 is 28.6 Å². The molecule has 1 aromatic heterocycles. The molecule has 0 N–H and O–H groups in total. The normalized spacial score (nSPS) is 16.0. The number of hydrogen-bond acceptors (Lipinski definition) is 4. The van der Waals surface area contributed by atoms with Crippen LogP contribution in [0.2, 0.25) is 0 Å². The van der Waals surface area contributed by atoms with Gasteiger partial charge in [-0.25, -0.2) is 4.98 Å². The number of amides is 1. The maximum absolute atomic E-state index is 13.4. The summed E-state index contributed by atoms with van der Waals surface area (Å²) in [6, 6.07) is 15.2. The number of aryl methyl sites for hydroxylation is 1. The van der Waals surface area contributed by atoms with Crippen molar-refractivity contribution in [3.63, 3.8) is 0 Å². The number of thioether (sulfide) groups is 1. The van der Waals surface area contributed by atoms with Crippen LogP contribution in [0.4, 0.5) is 0 Å². The summed E-state index contributed by atoms with van der Waals surface area (Å²) in [5, 5.41) is 0.815. The quantitative estimate of drug-likeness (QED) is 0.462. The number of fused-ring (bicyclic) bond motifs is 1. The molecule has 1 unspecified atom stereocenters. The van der Waals surface area contributed by atoms with Gasteiger partial charge in [0.1, 0.15) is 0 Å². The topological polar surface area (TPSA) is 55.2 Å². The number of hydrogen-bond donors (Lipinski definition) is 0. The first kappa shape index (κ1) is 20.7. The molecule has 3 aromatic rings.